The molecule has 10 heteroatoms. The third-order valence-electron chi connectivity index (χ3n) is 4.60. The van der Waals surface area contributed by atoms with Crippen molar-refractivity contribution in [2.24, 2.45) is 0 Å². The lowest BCUT2D eigenvalue weighted by Gasteiger charge is -2.17. The van der Waals surface area contributed by atoms with Gasteiger partial charge in [0.2, 0.25) is 0 Å². The molecule has 2 N–H and O–H groups in total. The fourth-order valence-electron chi connectivity index (χ4n) is 3.02. The van der Waals surface area contributed by atoms with Crippen molar-refractivity contribution < 1.29 is 18.8 Å². The molecule has 32 heavy (non-hydrogen) atoms. The van der Waals surface area contributed by atoms with Crippen LogP contribution in [0.5, 0.6) is 0 Å². The standard InChI is InChI=1S/C22H14Cl3N3O4/c23-13-5-8-16(24)17(10-13)28-21(30)18(25)19(22(28)31)27-14-6-3-12(4-7-14)20(29)26-11-15-2-1-9-32-15/h1-10,27H,11H2,(H,26,29). The van der Waals surface area contributed by atoms with Crippen LogP contribution in [-0.2, 0) is 16.1 Å². The summed E-state index contributed by atoms with van der Waals surface area (Å²) in [6.07, 6.45) is 1.53. The molecule has 0 fully saturated rings. The van der Waals surface area contributed by atoms with Gasteiger partial charge in [-0.15, -0.1) is 0 Å². The normalized spacial score (nSPS) is 13.7. The number of amides is 3. The van der Waals surface area contributed by atoms with Crippen LogP contribution in [0.1, 0.15) is 16.1 Å². The number of imide groups is 1. The lowest BCUT2D eigenvalue weighted by molar-refractivity contribution is -0.120. The molecule has 162 valence electrons. The number of halogens is 3. The minimum absolute atomic E-state index is 0.109. The van der Waals surface area contributed by atoms with Crippen LogP contribution in [0.15, 0.2) is 76.0 Å². The fourth-order valence-corrected chi connectivity index (χ4v) is 3.60. The molecule has 0 saturated carbocycles. The lowest BCUT2D eigenvalue weighted by Crippen LogP contribution is -2.32. The van der Waals surface area contributed by atoms with Crippen molar-refractivity contribution in [3.63, 3.8) is 0 Å². The van der Waals surface area contributed by atoms with E-state index in [2.05, 4.69) is 10.6 Å². The average molecular weight is 491 g/mol. The Morgan fingerprint density at radius 1 is 0.969 bits per heavy atom. The van der Waals surface area contributed by atoms with E-state index in [1.165, 1.54) is 18.4 Å². The van der Waals surface area contributed by atoms with Gasteiger partial charge in [-0.2, -0.15) is 0 Å². The number of nitrogens with zero attached hydrogens (tertiary/aromatic N) is 1. The Morgan fingerprint density at radius 2 is 1.72 bits per heavy atom. The summed E-state index contributed by atoms with van der Waals surface area (Å²) in [5, 5.41) is 5.77. The molecule has 2 aromatic carbocycles. The van der Waals surface area contributed by atoms with Crippen molar-refractivity contribution in [1.82, 2.24) is 5.32 Å². The fraction of sp³-hybridized carbons (Fsp3) is 0.0455. The number of benzene rings is 2. The minimum atomic E-state index is -0.725. The van der Waals surface area contributed by atoms with E-state index in [0.29, 0.717) is 22.0 Å². The molecule has 3 amide bonds. The Morgan fingerprint density at radius 3 is 2.41 bits per heavy atom. The predicted octanol–water partition coefficient (Wildman–Crippen LogP) is 4.95. The van der Waals surface area contributed by atoms with E-state index in [-0.39, 0.29) is 33.9 Å². The molecule has 1 aliphatic rings. The van der Waals surface area contributed by atoms with Gasteiger partial charge in [0.15, 0.2) is 0 Å². The largest absolute Gasteiger partial charge is 0.467 e. The van der Waals surface area contributed by atoms with E-state index in [9.17, 15) is 14.4 Å². The molecule has 3 aromatic rings. The van der Waals surface area contributed by atoms with Crippen molar-refractivity contribution in [3.8, 4) is 0 Å². The van der Waals surface area contributed by atoms with E-state index in [1.807, 2.05) is 0 Å². The smallest absolute Gasteiger partial charge is 0.283 e. The Balaban J connectivity index is 1.47. The maximum absolute atomic E-state index is 12.9. The molecule has 0 saturated heterocycles. The first kappa shape index (κ1) is 22.0. The summed E-state index contributed by atoms with van der Waals surface area (Å²) >= 11 is 18.3. The Labute approximate surface area is 197 Å². The second-order valence-corrected chi connectivity index (χ2v) is 7.92. The zero-order valence-corrected chi connectivity index (χ0v) is 18.5. The van der Waals surface area contributed by atoms with Gasteiger partial charge in [0.25, 0.3) is 17.7 Å². The van der Waals surface area contributed by atoms with E-state index in [0.717, 1.165) is 4.90 Å². The molecule has 0 radical (unpaired) electrons. The minimum Gasteiger partial charge on any atom is -0.467 e. The van der Waals surface area contributed by atoms with Crippen LogP contribution in [0.3, 0.4) is 0 Å². The molecule has 4 rings (SSSR count). The Bertz CT molecular complexity index is 1240. The number of hydrogen-bond donors (Lipinski definition) is 2. The van der Waals surface area contributed by atoms with Crippen molar-refractivity contribution in [3.05, 3.63) is 93.0 Å². The molecule has 1 aromatic heterocycles. The zero-order chi connectivity index (χ0) is 22.8. The van der Waals surface area contributed by atoms with Gasteiger partial charge in [-0.25, -0.2) is 4.90 Å². The number of carbonyl (C=O) groups is 3. The third kappa shape index (κ3) is 4.36. The highest BCUT2D eigenvalue weighted by atomic mass is 35.5. The van der Waals surface area contributed by atoms with Gasteiger partial charge >= 0.3 is 0 Å². The van der Waals surface area contributed by atoms with Crippen LogP contribution < -0.4 is 15.5 Å². The average Bonchev–Trinajstić information content (AvgIpc) is 3.38. The first-order valence-corrected chi connectivity index (χ1v) is 10.4. The number of anilines is 2. The van der Waals surface area contributed by atoms with Crippen molar-refractivity contribution in [2.75, 3.05) is 10.2 Å². The summed E-state index contributed by atoms with van der Waals surface area (Å²) in [6.45, 7) is 0.257. The van der Waals surface area contributed by atoms with Crippen LogP contribution in [-0.4, -0.2) is 17.7 Å². The zero-order valence-electron chi connectivity index (χ0n) is 16.2. The number of carbonyl (C=O) groups excluding carboxylic acids is 3. The first-order chi connectivity index (χ1) is 15.3. The summed E-state index contributed by atoms with van der Waals surface area (Å²) in [5.41, 5.74) is 0.889. The van der Waals surface area contributed by atoms with Crippen LogP contribution >= 0.6 is 34.8 Å². The summed E-state index contributed by atoms with van der Waals surface area (Å²) in [5.74, 6) is -1.06. The highest BCUT2D eigenvalue weighted by Crippen LogP contribution is 2.35. The number of hydrogen-bond acceptors (Lipinski definition) is 5. The van der Waals surface area contributed by atoms with Gasteiger partial charge in [0, 0.05) is 16.3 Å². The summed E-state index contributed by atoms with van der Waals surface area (Å²) < 4.78 is 5.18. The lowest BCUT2D eigenvalue weighted by atomic mass is 10.2. The third-order valence-corrected chi connectivity index (χ3v) is 5.50. The van der Waals surface area contributed by atoms with E-state index < -0.39 is 11.8 Å². The number of rotatable bonds is 6. The first-order valence-electron chi connectivity index (χ1n) is 9.26. The second kappa shape index (κ2) is 9.08. The molecule has 7 nitrogen and oxygen atoms in total. The van der Waals surface area contributed by atoms with E-state index >= 15 is 0 Å². The molecule has 1 aliphatic heterocycles. The molecule has 0 spiro atoms. The van der Waals surface area contributed by atoms with Crippen molar-refractivity contribution >= 4 is 63.9 Å². The summed E-state index contributed by atoms with van der Waals surface area (Å²) in [6, 6.07) is 14.2. The highest BCUT2D eigenvalue weighted by molar-refractivity contribution is 6.54. The molecule has 0 unspecified atom stereocenters. The predicted molar refractivity (Wildman–Crippen MR) is 122 cm³/mol. The van der Waals surface area contributed by atoms with Gasteiger partial charge in [0.05, 0.1) is 23.5 Å². The Kier molecular flexibility index (Phi) is 6.23. The van der Waals surface area contributed by atoms with Gasteiger partial charge in [-0.05, 0) is 54.6 Å². The SMILES string of the molecule is O=C(NCc1ccco1)c1ccc(NC2=C(Cl)C(=O)N(c3cc(Cl)ccc3Cl)C2=O)cc1. The van der Waals surface area contributed by atoms with Gasteiger partial charge in [-0.3, -0.25) is 14.4 Å². The number of nitrogens with one attached hydrogen (secondary N) is 2. The molecule has 0 atom stereocenters. The van der Waals surface area contributed by atoms with Gasteiger partial charge < -0.3 is 15.1 Å². The van der Waals surface area contributed by atoms with Crippen LogP contribution in [0.2, 0.25) is 10.0 Å². The maximum Gasteiger partial charge on any atom is 0.283 e. The highest BCUT2D eigenvalue weighted by Gasteiger charge is 2.40. The Hall–Kier alpha value is -3.26. The molecule has 0 bridgehead atoms. The van der Waals surface area contributed by atoms with Crippen LogP contribution in [0, 0.1) is 0 Å². The molecular weight excluding hydrogens is 477 g/mol. The summed E-state index contributed by atoms with van der Waals surface area (Å²) in [4.78, 5) is 38.6. The van der Waals surface area contributed by atoms with Crippen molar-refractivity contribution in [2.45, 2.75) is 6.54 Å². The quantitative estimate of drug-likeness (QED) is 0.477. The summed E-state index contributed by atoms with van der Waals surface area (Å²) in [7, 11) is 0. The van der Waals surface area contributed by atoms with E-state index in [4.69, 9.17) is 39.2 Å². The van der Waals surface area contributed by atoms with Gasteiger partial charge in [-0.1, -0.05) is 34.8 Å². The van der Waals surface area contributed by atoms with Gasteiger partial charge in [0.1, 0.15) is 16.5 Å². The maximum atomic E-state index is 12.9. The van der Waals surface area contributed by atoms with Crippen molar-refractivity contribution in [1.29, 1.82) is 0 Å². The molecule has 2 heterocycles. The second-order valence-electron chi connectivity index (χ2n) is 6.69. The van der Waals surface area contributed by atoms with E-state index in [1.54, 1.807) is 42.5 Å². The van der Waals surface area contributed by atoms with Crippen LogP contribution in [0.4, 0.5) is 11.4 Å². The molecule has 0 aliphatic carbocycles. The topological polar surface area (TPSA) is 91.7 Å². The van der Waals surface area contributed by atoms with Crippen LogP contribution in [0.25, 0.3) is 0 Å². The molecular formula is C22H14Cl3N3O4. The monoisotopic (exact) mass is 489 g/mol. The number of furan rings is 1.